The van der Waals surface area contributed by atoms with Crippen LogP contribution in [0.4, 0.5) is 5.95 Å². The van der Waals surface area contributed by atoms with E-state index in [1.807, 2.05) is 0 Å². The highest BCUT2D eigenvalue weighted by molar-refractivity contribution is 9.11. The molecule has 0 atom stereocenters. The van der Waals surface area contributed by atoms with E-state index in [0.29, 0.717) is 22.5 Å². The number of hydrogen-bond acceptors (Lipinski definition) is 5. The molecule has 1 N–H and O–H groups in total. The second-order valence-electron chi connectivity index (χ2n) is 3.62. The maximum atomic E-state index is 6.02. The summed E-state index contributed by atoms with van der Waals surface area (Å²) in [5.74, 6) is 1.94. The number of methoxy groups -OCH3 is 1. The molecule has 0 aliphatic carbocycles. The molecular formula is C12H10Br2ClN3O2. The lowest BCUT2D eigenvalue weighted by Gasteiger charge is -2.11. The van der Waals surface area contributed by atoms with Crippen molar-refractivity contribution in [3.63, 3.8) is 0 Å². The van der Waals surface area contributed by atoms with Crippen molar-refractivity contribution in [2.24, 2.45) is 0 Å². The number of benzene rings is 1. The van der Waals surface area contributed by atoms with Crippen molar-refractivity contribution in [2.45, 2.75) is 0 Å². The summed E-state index contributed by atoms with van der Waals surface area (Å²) >= 11 is 12.8. The molecule has 0 aliphatic rings. The van der Waals surface area contributed by atoms with E-state index in [4.69, 9.17) is 21.1 Å². The van der Waals surface area contributed by atoms with Gasteiger partial charge < -0.3 is 14.8 Å². The summed E-state index contributed by atoms with van der Waals surface area (Å²) < 4.78 is 12.4. The van der Waals surface area contributed by atoms with Crippen LogP contribution in [0, 0.1) is 0 Å². The molecule has 0 unspecified atom stereocenters. The van der Waals surface area contributed by atoms with E-state index in [1.165, 1.54) is 6.20 Å². The molecule has 2 aromatic rings. The van der Waals surface area contributed by atoms with Gasteiger partial charge in [0.1, 0.15) is 16.5 Å². The number of hydrogen-bond donors (Lipinski definition) is 1. The molecule has 0 radical (unpaired) electrons. The fraction of sp³-hybridized carbons (Fsp3) is 0.167. The van der Waals surface area contributed by atoms with Gasteiger partial charge >= 0.3 is 0 Å². The van der Waals surface area contributed by atoms with Crippen LogP contribution in [0.15, 0.2) is 27.3 Å². The Morgan fingerprint density at radius 2 is 1.85 bits per heavy atom. The first-order chi connectivity index (χ1) is 9.55. The third-order valence-electron chi connectivity index (χ3n) is 2.35. The van der Waals surface area contributed by atoms with Crippen LogP contribution in [-0.4, -0.2) is 24.1 Å². The van der Waals surface area contributed by atoms with Crippen molar-refractivity contribution in [3.8, 4) is 17.4 Å². The number of nitrogens with zero attached hydrogens (tertiary/aromatic N) is 2. The number of halogens is 3. The van der Waals surface area contributed by atoms with Gasteiger partial charge in [0, 0.05) is 7.05 Å². The first-order valence-electron chi connectivity index (χ1n) is 5.46. The molecule has 8 heteroatoms. The molecule has 1 aromatic heterocycles. The SMILES string of the molecule is CNc1ncc(Cl)c(Oc2cc(Br)c(OC)cc2Br)n1. The molecule has 1 aromatic carbocycles. The van der Waals surface area contributed by atoms with Gasteiger partial charge in [-0.15, -0.1) is 0 Å². The molecule has 0 amide bonds. The van der Waals surface area contributed by atoms with Gasteiger partial charge in [0.05, 0.1) is 22.3 Å². The molecule has 5 nitrogen and oxygen atoms in total. The predicted molar refractivity (Wildman–Crippen MR) is 85.1 cm³/mol. The minimum Gasteiger partial charge on any atom is -0.496 e. The van der Waals surface area contributed by atoms with Gasteiger partial charge in [-0.1, -0.05) is 11.6 Å². The zero-order chi connectivity index (χ0) is 14.7. The standard InChI is InChI=1S/C12H10Br2ClN3O2/c1-16-12-17-5-8(15)11(18-12)20-10-4-6(13)9(19-2)3-7(10)14/h3-5H,1-2H3,(H,16,17,18). The Bertz CT molecular complexity index is 640. The average molecular weight is 423 g/mol. The van der Waals surface area contributed by atoms with E-state index in [0.717, 1.165) is 8.95 Å². The van der Waals surface area contributed by atoms with Crippen LogP contribution in [0.1, 0.15) is 0 Å². The van der Waals surface area contributed by atoms with Gasteiger partial charge in [-0.2, -0.15) is 4.98 Å². The predicted octanol–water partition coefficient (Wildman–Crippen LogP) is 4.50. The van der Waals surface area contributed by atoms with Crippen LogP contribution in [0.3, 0.4) is 0 Å². The van der Waals surface area contributed by atoms with Crippen LogP contribution in [-0.2, 0) is 0 Å². The normalized spacial score (nSPS) is 10.2. The van der Waals surface area contributed by atoms with Gasteiger partial charge in [-0.3, -0.25) is 0 Å². The second-order valence-corrected chi connectivity index (χ2v) is 5.73. The Hall–Kier alpha value is -1.05. The van der Waals surface area contributed by atoms with Gasteiger partial charge in [0.15, 0.2) is 0 Å². The lowest BCUT2D eigenvalue weighted by molar-refractivity contribution is 0.408. The molecule has 1 heterocycles. The smallest absolute Gasteiger partial charge is 0.243 e. The Labute approximate surface area is 137 Å². The van der Waals surface area contributed by atoms with Gasteiger partial charge in [0.25, 0.3) is 0 Å². The van der Waals surface area contributed by atoms with Crippen molar-refractivity contribution in [1.82, 2.24) is 9.97 Å². The Balaban J connectivity index is 2.37. The molecule has 0 aliphatic heterocycles. The highest BCUT2D eigenvalue weighted by Crippen LogP contribution is 2.39. The molecule has 106 valence electrons. The monoisotopic (exact) mass is 421 g/mol. The summed E-state index contributed by atoms with van der Waals surface area (Å²) in [5.41, 5.74) is 0. The van der Waals surface area contributed by atoms with Crippen molar-refractivity contribution in [3.05, 3.63) is 32.3 Å². The zero-order valence-electron chi connectivity index (χ0n) is 10.6. The highest BCUT2D eigenvalue weighted by atomic mass is 79.9. The van der Waals surface area contributed by atoms with Gasteiger partial charge in [0.2, 0.25) is 11.8 Å². The number of ether oxygens (including phenoxy) is 2. The molecule has 0 saturated heterocycles. The van der Waals surface area contributed by atoms with E-state index in [9.17, 15) is 0 Å². The minimum absolute atomic E-state index is 0.267. The fourth-order valence-electron chi connectivity index (χ4n) is 1.39. The number of aromatic nitrogens is 2. The summed E-state index contributed by atoms with van der Waals surface area (Å²) in [7, 11) is 3.31. The van der Waals surface area contributed by atoms with Crippen LogP contribution in [0.5, 0.6) is 17.4 Å². The molecule has 0 bridgehead atoms. The van der Waals surface area contributed by atoms with Crippen molar-refractivity contribution >= 4 is 49.4 Å². The summed E-state index contributed by atoms with van der Waals surface area (Å²) in [6.45, 7) is 0. The molecule has 0 fully saturated rings. The average Bonchev–Trinajstić information content (AvgIpc) is 2.44. The zero-order valence-corrected chi connectivity index (χ0v) is 14.5. The van der Waals surface area contributed by atoms with Crippen LogP contribution >= 0.6 is 43.5 Å². The molecule has 0 saturated carbocycles. The number of anilines is 1. The fourth-order valence-corrected chi connectivity index (χ4v) is 2.41. The third-order valence-corrected chi connectivity index (χ3v) is 3.85. The second kappa shape index (κ2) is 6.60. The van der Waals surface area contributed by atoms with Crippen molar-refractivity contribution < 1.29 is 9.47 Å². The van der Waals surface area contributed by atoms with Gasteiger partial charge in [-0.25, -0.2) is 4.98 Å². The van der Waals surface area contributed by atoms with Crippen LogP contribution in [0.2, 0.25) is 5.02 Å². The largest absolute Gasteiger partial charge is 0.496 e. The number of nitrogens with one attached hydrogen (secondary N) is 1. The highest BCUT2D eigenvalue weighted by Gasteiger charge is 2.12. The Morgan fingerprint density at radius 3 is 2.50 bits per heavy atom. The summed E-state index contributed by atoms with van der Waals surface area (Å²) in [6.07, 6.45) is 1.47. The summed E-state index contributed by atoms with van der Waals surface area (Å²) in [4.78, 5) is 8.15. The lowest BCUT2D eigenvalue weighted by Crippen LogP contribution is -1.98. The quantitative estimate of drug-likeness (QED) is 0.785. The van der Waals surface area contributed by atoms with Crippen LogP contribution in [0.25, 0.3) is 0 Å². The van der Waals surface area contributed by atoms with E-state index in [1.54, 1.807) is 26.3 Å². The molecule has 0 spiro atoms. The first-order valence-corrected chi connectivity index (χ1v) is 7.42. The maximum absolute atomic E-state index is 6.02. The summed E-state index contributed by atoms with van der Waals surface area (Å²) in [5, 5.41) is 3.14. The van der Waals surface area contributed by atoms with Crippen LogP contribution < -0.4 is 14.8 Å². The van der Waals surface area contributed by atoms with E-state index in [-0.39, 0.29) is 5.88 Å². The molecule has 20 heavy (non-hydrogen) atoms. The maximum Gasteiger partial charge on any atom is 0.243 e. The topological polar surface area (TPSA) is 56.3 Å². The number of rotatable bonds is 4. The Morgan fingerprint density at radius 1 is 1.20 bits per heavy atom. The minimum atomic E-state index is 0.267. The first kappa shape index (κ1) is 15.3. The summed E-state index contributed by atoms with van der Waals surface area (Å²) in [6, 6.07) is 3.55. The Kier molecular flexibility index (Phi) is 5.06. The lowest BCUT2D eigenvalue weighted by atomic mass is 10.3. The molecule has 2 rings (SSSR count). The van der Waals surface area contributed by atoms with Crippen molar-refractivity contribution in [2.75, 3.05) is 19.5 Å². The third kappa shape index (κ3) is 3.34. The van der Waals surface area contributed by atoms with Gasteiger partial charge in [-0.05, 0) is 44.0 Å². The van der Waals surface area contributed by atoms with E-state index >= 15 is 0 Å². The van der Waals surface area contributed by atoms with E-state index < -0.39 is 0 Å². The molecular weight excluding hydrogens is 413 g/mol. The van der Waals surface area contributed by atoms with Crippen molar-refractivity contribution in [1.29, 1.82) is 0 Å². The van der Waals surface area contributed by atoms with E-state index in [2.05, 4.69) is 47.1 Å².